The van der Waals surface area contributed by atoms with Crippen LogP contribution in [0, 0.1) is 0 Å². The van der Waals surface area contributed by atoms with Crippen molar-refractivity contribution in [1.82, 2.24) is 15.1 Å². The molecule has 16 heavy (non-hydrogen) atoms. The van der Waals surface area contributed by atoms with E-state index in [1.165, 1.54) is 11.3 Å². The molecule has 0 spiro atoms. The first-order chi connectivity index (χ1) is 7.48. The van der Waals surface area contributed by atoms with Crippen molar-refractivity contribution in [3.63, 3.8) is 0 Å². The summed E-state index contributed by atoms with van der Waals surface area (Å²) in [6.07, 6.45) is 3.05. The number of ether oxygens (including phenoxy) is 1. The maximum atomic E-state index is 5.35. The van der Waals surface area contributed by atoms with E-state index in [9.17, 15) is 0 Å². The van der Waals surface area contributed by atoms with E-state index >= 15 is 0 Å². The van der Waals surface area contributed by atoms with Gasteiger partial charge in [0, 0.05) is 39.0 Å². The van der Waals surface area contributed by atoms with Gasteiger partial charge < -0.3 is 10.1 Å². The topological polar surface area (TPSA) is 39.1 Å². The van der Waals surface area contributed by atoms with Gasteiger partial charge in [-0.3, -0.25) is 4.68 Å². The molecule has 0 atom stereocenters. The minimum Gasteiger partial charge on any atom is -0.377 e. The second-order valence-electron chi connectivity index (χ2n) is 4.70. The normalized spacial score (nSPS) is 12.1. The van der Waals surface area contributed by atoms with Crippen LogP contribution < -0.4 is 5.32 Å². The summed E-state index contributed by atoms with van der Waals surface area (Å²) in [7, 11) is 3.70. The molecule has 0 saturated heterocycles. The lowest BCUT2D eigenvalue weighted by Crippen LogP contribution is -2.36. The van der Waals surface area contributed by atoms with Crippen LogP contribution in [0.4, 0.5) is 0 Å². The largest absolute Gasteiger partial charge is 0.377 e. The summed E-state index contributed by atoms with van der Waals surface area (Å²) in [6.45, 7) is 7.96. The van der Waals surface area contributed by atoms with Crippen molar-refractivity contribution in [2.45, 2.75) is 39.3 Å². The Hall–Kier alpha value is -0.870. The van der Waals surface area contributed by atoms with Crippen LogP contribution in [0.25, 0.3) is 0 Å². The Labute approximate surface area is 98.0 Å². The van der Waals surface area contributed by atoms with E-state index in [0.29, 0.717) is 0 Å². The fraction of sp³-hybridized carbons (Fsp3) is 0.750. The molecule has 4 heteroatoms. The van der Waals surface area contributed by atoms with Crippen molar-refractivity contribution in [1.29, 1.82) is 0 Å². The number of rotatable bonds is 6. The van der Waals surface area contributed by atoms with Crippen LogP contribution in [0.3, 0.4) is 0 Å². The molecule has 1 rings (SSSR count). The Bertz CT molecular complexity index is 331. The monoisotopic (exact) mass is 225 g/mol. The van der Waals surface area contributed by atoms with Gasteiger partial charge in [0.2, 0.25) is 0 Å². The van der Waals surface area contributed by atoms with Gasteiger partial charge in [-0.1, -0.05) is 6.92 Å². The average Bonchev–Trinajstić information content (AvgIpc) is 2.59. The van der Waals surface area contributed by atoms with E-state index in [0.717, 1.165) is 19.5 Å². The van der Waals surface area contributed by atoms with Crippen LogP contribution in [0.1, 0.15) is 32.0 Å². The van der Waals surface area contributed by atoms with E-state index < -0.39 is 0 Å². The third kappa shape index (κ3) is 3.61. The van der Waals surface area contributed by atoms with Gasteiger partial charge in [-0.2, -0.15) is 5.10 Å². The van der Waals surface area contributed by atoms with Crippen molar-refractivity contribution in [3.8, 4) is 0 Å². The first-order valence-electron chi connectivity index (χ1n) is 5.75. The lowest BCUT2D eigenvalue weighted by Gasteiger charge is -2.23. The predicted octanol–water partition coefficient (Wildman–Crippen LogP) is 1.50. The van der Waals surface area contributed by atoms with Crippen LogP contribution in [-0.2, 0) is 24.8 Å². The Morgan fingerprint density at radius 1 is 1.50 bits per heavy atom. The third-order valence-corrected chi connectivity index (χ3v) is 2.75. The minimum atomic E-state index is -0.116. The first kappa shape index (κ1) is 13.2. The van der Waals surface area contributed by atoms with E-state index in [4.69, 9.17) is 4.74 Å². The molecule has 0 radical (unpaired) electrons. The van der Waals surface area contributed by atoms with E-state index in [2.05, 4.69) is 37.4 Å². The molecular formula is C12H23N3O. The second-order valence-corrected chi connectivity index (χ2v) is 4.70. The van der Waals surface area contributed by atoms with Crippen LogP contribution >= 0.6 is 0 Å². The highest BCUT2D eigenvalue weighted by Gasteiger charge is 2.15. The molecule has 1 aromatic rings. The maximum absolute atomic E-state index is 5.35. The molecular weight excluding hydrogens is 202 g/mol. The van der Waals surface area contributed by atoms with E-state index in [-0.39, 0.29) is 5.60 Å². The van der Waals surface area contributed by atoms with Gasteiger partial charge in [0.05, 0.1) is 11.3 Å². The molecule has 0 unspecified atom stereocenters. The molecule has 0 fully saturated rings. The molecule has 1 aromatic heterocycles. The quantitative estimate of drug-likeness (QED) is 0.797. The summed E-state index contributed by atoms with van der Waals surface area (Å²) in [5.74, 6) is 0. The summed E-state index contributed by atoms with van der Waals surface area (Å²) in [5.41, 5.74) is 2.33. The molecule has 0 amide bonds. The smallest absolute Gasteiger partial charge is 0.0746 e. The fourth-order valence-electron chi connectivity index (χ4n) is 1.60. The summed E-state index contributed by atoms with van der Waals surface area (Å²) in [6, 6.07) is 0. The van der Waals surface area contributed by atoms with Gasteiger partial charge in [-0.05, 0) is 20.3 Å². The van der Waals surface area contributed by atoms with Crippen LogP contribution in [0.5, 0.6) is 0 Å². The SMILES string of the molecule is CCc1nn(C)cc1CNCC(C)(C)OC. The lowest BCUT2D eigenvalue weighted by molar-refractivity contribution is 0.0230. The number of hydrogen-bond donors (Lipinski definition) is 1. The standard InChI is InChI=1S/C12H23N3O/c1-6-11-10(8-15(4)14-11)7-13-9-12(2,3)16-5/h8,13H,6-7,9H2,1-5H3. The van der Waals surface area contributed by atoms with Gasteiger partial charge >= 0.3 is 0 Å². The Kier molecular flexibility index (Phi) is 4.50. The second kappa shape index (κ2) is 5.46. The Morgan fingerprint density at radius 2 is 2.19 bits per heavy atom. The van der Waals surface area contributed by atoms with Crippen molar-refractivity contribution in [3.05, 3.63) is 17.5 Å². The summed E-state index contributed by atoms with van der Waals surface area (Å²) < 4.78 is 7.23. The molecule has 0 aliphatic carbocycles. The van der Waals surface area contributed by atoms with E-state index in [1.54, 1.807) is 7.11 Å². The highest BCUT2D eigenvalue weighted by Crippen LogP contribution is 2.09. The minimum absolute atomic E-state index is 0.116. The molecule has 4 nitrogen and oxygen atoms in total. The summed E-state index contributed by atoms with van der Waals surface area (Å²) in [5, 5.41) is 7.81. The van der Waals surface area contributed by atoms with Crippen LogP contribution in [0.15, 0.2) is 6.20 Å². The zero-order valence-electron chi connectivity index (χ0n) is 11.0. The highest BCUT2D eigenvalue weighted by molar-refractivity contribution is 5.16. The van der Waals surface area contributed by atoms with Crippen molar-refractivity contribution in [2.75, 3.05) is 13.7 Å². The molecule has 92 valence electrons. The van der Waals surface area contributed by atoms with Gasteiger partial charge in [-0.25, -0.2) is 0 Å². The fourth-order valence-corrected chi connectivity index (χ4v) is 1.60. The van der Waals surface area contributed by atoms with Crippen LogP contribution in [-0.4, -0.2) is 29.0 Å². The van der Waals surface area contributed by atoms with Gasteiger partial charge in [0.25, 0.3) is 0 Å². The number of nitrogens with zero attached hydrogens (tertiary/aromatic N) is 2. The number of methoxy groups -OCH3 is 1. The molecule has 0 saturated carbocycles. The lowest BCUT2D eigenvalue weighted by atomic mass is 10.1. The number of aromatic nitrogens is 2. The number of hydrogen-bond acceptors (Lipinski definition) is 3. The van der Waals surface area contributed by atoms with Gasteiger partial charge in [0.15, 0.2) is 0 Å². The van der Waals surface area contributed by atoms with E-state index in [1.807, 2.05) is 11.7 Å². The molecule has 1 N–H and O–H groups in total. The maximum Gasteiger partial charge on any atom is 0.0746 e. The zero-order valence-corrected chi connectivity index (χ0v) is 11.0. The van der Waals surface area contributed by atoms with Gasteiger partial charge in [0.1, 0.15) is 0 Å². The summed E-state index contributed by atoms with van der Waals surface area (Å²) in [4.78, 5) is 0. The third-order valence-electron chi connectivity index (χ3n) is 2.75. The average molecular weight is 225 g/mol. The van der Waals surface area contributed by atoms with Crippen LogP contribution in [0.2, 0.25) is 0 Å². The molecule has 0 aliphatic heterocycles. The van der Waals surface area contributed by atoms with Gasteiger partial charge in [-0.15, -0.1) is 0 Å². The predicted molar refractivity (Wildman–Crippen MR) is 65.4 cm³/mol. The Balaban J connectivity index is 2.48. The number of nitrogens with one attached hydrogen (secondary N) is 1. The Morgan fingerprint density at radius 3 is 2.75 bits per heavy atom. The molecule has 0 bridgehead atoms. The molecule has 0 aromatic carbocycles. The first-order valence-corrected chi connectivity index (χ1v) is 5.75. The van der Waals surface area contributed by atoms with Crippen molar-refractivity contribution >= 4 is 0 Å². The molecule has 0 aliphatic rings. The summed E-state index contributed by atoms with van der Waals surface area (Å²) >= 11 is 0. The highest BCUT2D eigenvalue weighted by atomic mass is 16.5. The molecule has 1 heterocycles. The van der Waals surface area contributed by atoms with Crippen molar-refractivity contribution < 1.29 is 4.74 Å². The zero-order chi connectivity index (χ0) is 12.2. The van der Waals surface area contributed by atoms with Crippen molar-refractivity contribution in [2.24, 2.45) is 7.05 Å². The number of aryl methyl sites for hydroxylation is 2.